The van der Waals surface area contributed by atoms with Crippen molar-refractivity contribution in [3.05, 3.63) is 29.8 Å². The molecule has 0 aliphatic rings. The second kappa shape index (κ2) is 7.67. The summed E-state index contributed by atoms with van der Waals surface area (Å²) in [5, 5.41) is 19.3. The van der Waals surface area contributed by atoms with Crippen LogP contribution in [0.3, 0.4) is 0 Å². The fraction of sp³-hybridized carbons (Fsp3) is 0.375. The van der Waals surface area contributed by atoms with Gasteiger partial charge in [0.2, 0.25) is 11.9 Å². The van der Waals surface area contributed by atoms with Gasteiger partial charge in [-0.1, -0.05) is 12.1 Å². The number of benzene rings is 1. The molecule has 128 valence electrons. The Labute approximate surface area is 139 Å². The van der Waals surface area contributed by atoms with Gasteiger partial charge in [0.15, 0.2) is 0 Å². The zero-order valence-electron chi connectivity index (χ0n) is 13.6. The van der Waals surface area contributed by atoms with Crippen LogP contribution in [0.4, 0.5) is 16.3 Å². The van der Waals surface area contributed by atoms with Gasteiger partial charge in [-0.05, 0) is 43.9 Å². The second-order valence-corrected chi connectivity index (χ2v) is 5.74. The molecule has 0 aliphatic carbocycles. The van der Waals surface area contributed by atoms with Crippen molar-refractivity contribution < 1.29 is 4.39 Å². The van der Waals surface area contributed by atoms with Crippen molar-refractivity contribution >= 4 is 23.3 Å². The average molecular weight is 331 g/mol. The van der Waals surface area contributed by atoms with Gasteiger partial charge in [-0.2, -0.15) is 9.67 Å². The van der Waals surface area contributed by atoms with E-state index in [-0.39, 0.29) is 24.0 Å². The summed E-state index contributed by atoms with van der Waals surface area (Å²) in [7, 11) is 0. The highest BCUT2D eigenvalue weighted by Crippen LogP contribution is 2.17. The van der Waals surface area contributed by atoms with Gasteiger partial charge in [-0.15, -0.1) is 5.10 Å². The standard InChI is InChI=1S/C16H22FN7/c1-10(18)3-2-4-12(17)9-14(19)11-5-7-13(8-6-11)24-16(21)22-15(20)23-24/h5-8,12,18-19H,2-4,9H2,1H3,(H4,20,21,22,23). The van der Waals surface area contributed by atoms with Crippen molar-refractivity contribution in [2.75, 3.05) is 11.5 Å². The molecular weight excluding hydrogens is 309 g/mol. The molecule has 0 saturated carbocycles. The number of hydrogen-bond acceptors (Lipinski definition) is 6. The fourth-order valence-electron chi connectivity index (χ4n) is 2.36. The third-order valence-corrected chi connectivity index (χ3v) is 3.60. The lowest BCUT2D eigenvalue weighted by molar-refractivity contribution is 0.319. The van der Waals surface area contributed by atoms with Crippen molar-refractivity contribution in [2.45, 2.75) is 38.8 Å². The van der Waals surface area contributed by atoms with Crippen molar-refractivity contribution in [3.63, 3.8) is 0 Å². The number of aromatic nitrogens is 3. The van der Waals surface area contributed by atoms with Crippen molar-refractivity contribution in [2.24, 2.45) is 0 Å². The molecule has 0 aliphatic heterocycles. The Bertz CT molecular complexity index is 721. The van der Waals surface area contributed by atoms with Crippen LogP contribution >= 0.6 is 0 Å². The molecule has 2 rings (SSSR count). The van der Waals surface area contributed by atoms with E-state index in [2.05, 4.69) is 10.1 Å². The minimum Gasteiger partial charge on any atom is -0.368 e. The van der Waals surface area contributed by atoms with Crippen LogP contribution in [0.5, 0.6) is 0 Å². The summed E-state index contributed by atoms with van der Waals surface area (Å²) < 4.78 is 15.3. The quantitative estimate of drug-likeness (QED) is 0.554. The molecule has 1 heterocycles. The van der Waals surface area contributed by atoms with Crippen LogP contribution in [0.2, 0.25) is 0 Å². The third kappa shape index (κ3) is 4.61. The molecular formula is C16H22FN7. The number of rotatable bonds is 8. The molecule has 0 bridgehead atoms. The summed E-state index contributed by atoms with van der Waals surface area (Å²) in [5.74, 6) is 0.269. The maximum atomic E-state index is 13.9. The Balaban J connectivity index is 1.96. The summed E-state index contributed by atoms with van der Waals surface area (Å²) in [6, 6.07) is 6.92. The SMILES string of the molecule is CC(=N)CCCC(F)CC(=N)c1ccc(-n2nc(N)nc2N)cc1. The van der Waals surface area contributed by atoms with Gasteiger partial charge in [0.1, 0.15) is 6.17 Å². The largest absolute Gasteiger partial charge is 0.368 e. The number of nitrogens with two attached hydrogens (primary N) is 2. The first-order valence-electron chi connectivity index (χ1n) is 7.71. The van der Waals surface area contributed by atoms with Gasteiger partial charge in [-0.25, -0.2) is 4.39 Å². The van der Waals surface area contributed by atoms with Crippen LogP contribution in [-0.4, -0.2) is 32.4 Å². The number of hydrogen-bond donors (Lipinski definition) is 4. The number of alkyl halides is 1. The Morgan fingerprint density at radius 2 is 1.92 bits per heavy atom. The minimum atomic E-state index is -1.07. The Morgan fingerprint density at radius 1 is 1.25 bits per heavy atom. The van der Waals surface area contributed by atoms with Gasteiger partial charge >= 0.3 is 0 Å². The monoisotopic (exact) mass is 331 g/mol. The fourth-order valence-corrected chi connectivity index (χ4v) is 2.36. The lowest BCUT2D eigenvalue weighted by atomic mass is 10.0. The lowest BCUT2D eigenvalue weighted by Gasteiger charge is -2.10. The molecule has 8 heteroatoms. The molecule has 0 amide bonds. The van der Waals surface area contributed by atoms with Gasteiger partial charge in [0.05, 0.1) is 5.69 Å². The molecule has 7 nitrogen and oxygen atoms in total. The van der Waals surface area contributed by atoms with E-state index in [0.717, 1.165) is 0 Å². The first-order chi connectivity index (χ1) is 11.4. The van der Waals surface area contributed by atoms with E-state index in [1.807, 2.05) is 0 Å². The maximum Gasteiger partial charge on any atom is 0.241 e. The van der Waals surface area contributed by atoms with Crippen molar-refractivity contribution in [3.8, 4) is 5.69 Å². The molecule has 0 fully saturated rings. The van der Waals surface area contributed by atoms with E-state index in [4.69, 9.17) is 22.3 Å². The van der Waals surface area contributed by atoms with Gasteiger partial charge in [0, 0.05) is 17.8 Å². The molecule has 1 unspecified atom stereocenters. The predicted molar refractivity (Wildman–Crippen MR) is 93.8 cm³/mol. The van der Waals surface area contributed by atoms with E-state index in [1.54, 1.807) is 31.2 Å². The highest BCUT2D eigenvalue weighted by atomic mass is 19.1. The summed E-state index contributed by atoms with van der Waals surface area (Å²) in [6.45, 7) is 1.71. The number of nitrogen functional groups attached to an aromatic ring is 2. The summed E-state index contributed by atoms with van der Waals surface area (Å²) >= 11 is 0. The molecule has 0 saturated heterocycles. The zero-order chi connectivity index (χ0) is 17.7. The van der Waals surface area contributed by atoms with Crippen LogP contribution in [0, 0.1) is 10.8 Å². The summed E-state index contributed by atoms with van der Waals surface area (Å²) in [5.41, 5.74) is 13.3. The van der Waals surface area contributed by atoms with Gasteiger partial charge in [0.25, 0.3) is 0 Å². The molecule has 6 N–H and O–H groups in total. The van der Waals surface area contributed by atoms with Crippen LogP contribution in [-0.2, 0) is 0 Å². The van der Waals surface area contributed by atoms with Gasteiger partial charge < -0.3 is 22.3 Å². The highest BCUT2D eigenvalue weighted by molar-refractivity contribution is 5.98. The summed E-state index contributed by atoms with van der Waals surface area (Å²) in [4.78, 5) is 3.83. The van der Waals surface area contributed by atoms with Crippen LogP contribution in [0.25, 0.3) is 5.69 Å². The number of nitrogens with zero attached hydrogens (tertiary/aromatic N) is 3. The smallest absolute Gasteiger partial charge is 0.241 e. The van der Waals surface area contributed by atoms with Crippen LogP contribution < -0.4 is 11.5 Å². The molecule has 0 spiro atoms. The second-order valence-electron chi connectivity index (χ2n) is 5.74. The van der Waals surface area contributed by atoms with E-state index < -0.39 is 6.17 Å². The van der Waals surface area contributed by atoms with Crippen LogP contribution in [0.1, 0.15) is 38.2 Å². The minimum absolute atomic E-state index is 0.0643. The Hall–Kier alpha value is -2.77. The topological polar surface area (TPSA) is 130 Å². The molecule has 2 aromatic rings. The third-order valence-electron chi connectivity index (χ3n) is 3.60. The Morgan fingerprint density at radius 3 is 2.46 bits per heavy atom. The number of halogens is 1. The lowest BCUT2D eigenvalue weighted by Crippen LogP contribution is -2.10. The van der Waals surface area contributed by atoms with E-state index in [1.165, 1.54) is 4.68 Å². The first kappa shape index (κ1) is 17.6. The molecule has 24 heavy (non-hydrogen) atoms. The Kier molecular flexibility index (Phi) is 5.62. The zero-order valence-corrected chi connectivity index (χ0v) is 13.6. The maximum absolute atomic E-state index is 13.9. The number of anilines is 2. The number of nitrogens with one attached hydrogen (secondary N) is 2. The summed E-state index contributed by atoms with van der Waals surface area (Å²) in [6.07, 6.45) is 0.600. The molecule has 0 radical (unpaired) electrons. The van der Waals surface area contributed by atoms with E-state index >= 15 is 0 Å². The van der Waals surface area contributed by atoms with E-state index in [9.17, 15) is 4.39 Å². The first-order valence-corrected chi connectivity index (χ1v) is 7.71. The highest BCUT2D eigenvalue weighted by Gasteiger charge is 2.12. The van der Waals surface area contributed by atoms with Crippen molar-refractivity contribution in [1.82, 2.24) is 14.8 Å². The van der Waals surface area contributed by atoms with Crippen molar-refractivity contribution in [1.29, 1.82) is 10.8 Å². The average Bonchev–Trinajstić information content (AvgIpc) is 2.85. The van der Waals surface area contributed by atoms with E-state index in [0.29, 0.717) is 36.2 Å². The molecule has 1 aromatic heterocycles. The molecule has 1 aromatic carbocycles. The predicted octanol–water partition coefficient (Wildman–Crippen LogP) is 2.74. The normalized spacial score (nSPS) is 12.1. The van der Waals surface area contributed by atoms with Gasteiger partial charge in [-0.3, -0.25) is 0 Å². The molecule has 1 atom stereocenters. The van der Waals surface area contributed by atoms with Crippen LogP contribution in [0.15, 0.2) is 24.3 Å².